The number of amides is 1. The van der Waals surface area contributed by atoms with E-state index in [4.69, 9.17) is 10.8 Å². The maximum atomic E-state index is 12.5. The van der Waals surface area contributed by atoms with Gasteiger partial charge in [0.25, 0.3) is 0 Å². The van der Waals surface area contributed by atoms with Crippen molar-refractivity contribution in [1.82, 2.24) is 15.0 Å². The molecule has 0 saturated carbocycles. The van der Waals surface area contributed by atoms with Crippen LogP contribution in [-0.4, -0.2) is 32.0 Å². The van der Waals surface area contributed by atoms with Crippen LogP contribution in [0.4, 0.5) is 11.4 Å². The van der Waals surface area contributed by atoms with Gasteiger partial charge in [-0.3, -0.25) is 9.48 Å². The Labute approximate surface area is 194 Å². The van der Waals surface area contributed by atoms with Gasteiger partial charge in [-0.05, 0) is 53.3 Å². The number of aryl methyl sites for hydroxylation is 3. The van der Waals surface area contributed by atoms with Gasteiger partial charge in [-0.1, -0.05) is 29.5 Å². The zero-order chi connectivity index (χ0) is 23.2. The Bertz CT molecular complexity index is 1250. The second-order valence-corrected chi connectivity index (χ2v) is 8.50. The Balaban J connectivity index is 1.28. The van der Waals surface area contributed by atoms with E-state index in [0.717, 1.165) is 21.7 Å². The van der Waals surface area contributed by atoms with E-state index in [1.165, 1.54) is 0 Å². The van der Waals surface area contributed by atoms with E-state index < -0.39 is 5.97 Å². The molecule has 9 heteroatoms. The summed E-state index contributed by atoms with van der Waals surface area (Å²) in [7, 11) is 0. The van der Waals surface area contributed by atoms with Gasteiger partial charge in [0.1, 0.15) is 0 Å². The fourth-order valence-corrected chi connectivity index (χ4v) is 4.06. The molecule has 2 aromatic carbocycles. The number of rotatable bonds is 9. The smallest absolute Gasteiger partial charge is 0.335 e. The number of carbonyl (C=O) groups excluding carboxylic acids is 1. The monoisotopic (exact) mass is 461 g/mol. The first-order valence-electron chi connectivity index (χ1n) is 10.4. The molecule has 2 aromatic heterocycles. The van der Waals surface area contributed by atoms with E-state index in [9.17, 15) is 9.59 Å². The summed E-state index contributed by atoms with van der Waals surface area (Å²) in [6.45, 7) is 0.609. The highest BCUT2D eigenvalue weighted by atomic mass is 32.1. The van der Waals surface area contributed by atoms with Crippen LogP contribution >= 0.6 is 11.3 Å². The standard InChI is InChI=1S/C24H23N5O3S/c25-20-9-7-18(22-2-1-13-33-22)14-21(20)26-23(30)10-8-19-15-29(28-27-19)12-11-16-3-5-17(6-4-16)24(31)32/h1-7,9,13-15H,8,10-12,25H2,(H,26,30)(H,31,32). The third-order valence-electron chi connectivity index (χ3n) is 5.16. The van der Waals surface area contributed by atoms with Crippen LogP contribution in [0.2, 0.25) is 0 Å². The van der Waals surface area contributed by atoms with Crippen molar-refractivity contribution in [3.8, 4) is 10.4 Å². The highest BCUT2D eigenvalue weighted by molar-refractivity contribution is 7.13. The van der Waals surface area contributed by atoms with Crippen LogP contribution in [0.25, 0.3) is 10.4 Å². The number of nitrogens with one attached hydrogen (secondary N) is 1. The van der Waals surface area contributed by atoms with Crippen molar-refractivity contribution >= 4 is 34.6 Å². The summed E-state index contributed by atoms with van der Waals surface area (Å²) < 4.78 is 1.72. The third kappa shape index (κ3) is 5.83. The van der Waals surface area contributed by atoms with Crippen molar-refractivity contribution in [2.75, 3.05) is 11.1 Å². The van der Waals surface area contributed by atoms with Crippen molar-refractivity contribution < 1.29 is 14.7 Å². The summed E-state index contributed by atoms with van der Waals surface area (Å²) >= 11 is 1.63. The van der Waals surface area contributed by atoms with Crippen molar-refractivity contribution in [3.63, 3.8) is 0 Å². The summed E-state index contributed by atoms with van der Waals surface area (Å²) in [6.07, 6.45) is 3.25. The molecule has 8 nitrogen and oxygen atoms in total. The molecule has 0 spiro atoms. The lowest BCUT2D eigenvalue weighted by molar-refractivity contribution is -0.116. The number of carbonyl (C=O) groups is 2. The molecule has 33 heavy (non-hydrogen) atoms. The van der Waals surface area contributed by atoms with Gasteiger partial charge in [0, 0.05) is 30.5 Å². The van der Waals surface area contributed by atoms with Gasteiger partial charge in [0.2, 0.25) is 5.91 Å². The molecule has 0 saturated heterocycles. The van der Waals surface area contributed by atoms with Crippen LogP contribution in [0.1, 0.15) is 28.0 Å². The van der Waals surface area contributed by atoms with Gasteiger partial charge >= 0.3 is 5.97 Å². The molecule has 0 aliphatic heterocycles. The molecule has 1 amide bonds. The SMILES string of the molecule is Nc1ccc(-c2cccs2)cc1NC(=O)CCc1cn(CCc2ccc(C(=O)O)cc2)nn1. The normalized spacial score (nSPS) is 10.8. The highest BCUT2D eigenvalue weighted by Gasteiger charge is 2.10. The lowest BCUT2D eigenvalue weighted by Crippen LogP contribution is -2.13. The van der Waals surface area contributed by atoms with Gasteiger partial charge < -0.3 is 16.2 Å². The number of carboxylic acid groups (broad SMARTS) is 1. The Morgan fingerprint density at radius 1 is 1.09 bits per heavy atom. The largest absolute Gasteiger partial charge is 0.478 e. The summed E-state index contributed by atoms with van der Waals surface area (Å²) in [6, 6.07) is 16.4. The lowest BCUT2D eigenvalue weighted by atomic mass is 10.1. The van der Waals surface area contributed by atoms with Crippen LogP contribution in [0.5, 0.6) is 0 Å². The summed E-state index contributed by atoms with van der Waals surface area (Å²) in [5.74, 6) is -1.08. The third-order valence-corrected chi connectivity index (χ3v) is 6.08. The number of nitrogen functional groups attached to an aromatic ring is 1. The molecule has 0 atom stereocenters. The predicted molar refractivity (Wildman–Crippen MR) is 128 cm³/mol. The van der Waals surface area contributed by atoms with Crippen molar-refractivity contribution in [2.24, 2.45) is 0 Å². The minimum Gasteiger partial charge on any atom is -0.478 e. The number of hydrogen-bond acceptors (Lipinski definition) is 6. The summed E-state index contributed by atoms with van der Waals surface area (Å²) in [5, 5.41) is 22.1. The number of carboxylic acids is 1. The molecule has 2 heterocycles. The molecule has 0 radical (unpaired) electrons. The van der Waals surface area contributed by atoms with E-state index >= 15 is 0 Å². The first-order valence-corrected chi connectivity index (χ1v) is 11.3. The molecule has 0 aliphatic carbocycles. The molecular formula is C24H23N5O3S. The number of thiophene rings is 1. The summed E-state index contributed by atoms with van der Waals surface area (Å²) in [5.41, 5.74) is 10.2. The molecule has 0 fully saturated rings. The molecule has 4 aromatic rings. The first-order chi connectivity index (χ1) is 16.0. The minimum absolute atomic E-state index is 0.141. The highest BCUT2D eigenvalue weighted by Crippen LogP contribution is 2.30. The fraction of sp³-hybridized carbons (Fsp3) is 0.167. The fourth-order valence-electron chi connectivity index (χ4n) is 3.33. The Hall–Kier alpha value is -3.98. The van der Waals surface area contributed by atoms with Crippen LogP contribution < -0.4 is 11.1 Å². The number of nitrogens with zero attached hydrogens (tertiary/aromatic N) is 3. The van der Waals surface area contributed by atoms with Gasteiger partial charge in [-0.25, -0.2) is 4.79 Å². The molecule has 168 valence electrons. The van der Waals surface area contributed by atoms with Crippen LogP contribution in [0.15, 0.2) is 66.2 Å². The molecule has 0 bridgehead atoms. The first kappa shape index (κ1) is 22.2. The number of nitrogens with two attached hydrogens (primary N) is 1. The van der Waals surface area contributed by atoms with Gasteiger partial charge in [0.05, 0.1) is 22.6 Å². The van der Waals surface area contributed by atoms with Crippen LogP contribution in [0.3, 0.4) is 0 Å². The zero-order valence-corrected chi connectivity index (χ0v) is 18.6. The number of anilines is 2. The van der Waals surface area contributed by atoms with Crippen molar-refractivity contribution in [2.45, 2.75) is 25.8 Å². The van der Waals surface area contributed by atoms with E-state index in [1.54, 1.807) is 46.4 Å². The minimum atomic E-state index is -0.940. The zero-order valence-electron chi connectivity index (χ0n) is 17.8. The number of aromatic nitrogens is 3. The van der Waals surface area contributed by atoms with E-state index in [-0.39, 0.29) is 17.9 Å². The molecule has 4 N–H and O–H groups in total. The lowest BCUT2D eigenvalue weighted by Gasteiger charge is -2.09. The average molecular weight is 462 g/mol. The second kappa shape index (κ2) is 10.1. The van der Waals surface area contributed by atoms with Crippen molar-refractivity contribution in [1.29, 1.82) is 0 Å². The molecule has 4 rings (SSSR count). The van der Waals surface area contributed by atoms with Crippen LogP contribution in [0, 0.1) is 0 Å². The topological polar surface area (TPSA) is 123 Å². The van der Waals surface area contributed by atoms with Gasteiger partial charge in [0.15, 0.2) is 0 Å². The maximum Gasteiger partial charge on any atom is 0.335 e. The van der Waals surface area contributed by atoms with Crippen LogP contribution in [-0.2, 0) is 24.2 Å². The van der Waals surface area contributed by atoms with Gasteiger partial charge in [-0.2, -0.15) is 0 Å². The van der Waals surface area contributed by atoms with Gasteiger partial charge in [-0.15, -0.1) is 16.4 Å². The number of hydrogen-bond donors (Lipinski definition) is 3. The molecule has 0 aliphatic rings. The molecular weight excluding hydrogens is 438 g/mol. The predicted octanol–water partition coefficient (Wildman–Crippen LogP) is 4.10. The summed E-state index contributed by atoms with van der Waals surface area (Å²) in [4.78, 5) is 24.5. The van der Waals surface area contributed by atoms with E-state index in [0.29, 0.717) is 30.8 Å². The van der Waals surface area contributed by atoms with E-state index in [2.05, 4.69) is 15.6 Å². The average Bonchev–Trinajstić information content (AvgIpc) is 3.50. The second-order valence-electron chi connectivity index (χ2n) is 7.55. The van der Waals surface area contributed by atoms with Crippen molar-refractivity contribution in [3.05, 3.63) is 83.0 Å². The Kier molecular flexibility index (Phi) is 6.80. The quantitative estimate of drug-likeness (QED) is 0.323. The molecule has 0 unspecified atom stereocenters. The number of aromatic carboxylic acids is 1. The van der Waals surface area contributed by atoms with E-state index in [1.807, 2.05) is 35.8 Å². The Morgan fingerprint density at radius 2 is 1.91 bits per heavy atom. The number of benzene rings is 2. The maximum absolute atomic E-state index is 12.5. The Morgan fingerprint density at radius 3 is 2.64 bits per heavy atom.